The van der Waals surface area contributed by atoms with Gasteiger partial charge in [0.05, 0.1) is 32.0 Å². The third kappa shape index (κ3) is 8.73. The molecule has 0 heterocycles. The number of ether oxygens (including phenoxy) is 4. The normalized spacial score (nSPS) is 10.5. The number of halogens is 1. The molecule has 0 aliphatic carbocycles. The van der Waals surface area contributed by atoms with E-state index in [9.17, 15) is 14.4 Å². The van der Waals surface area contributed by atoms with Gasteiger partial charge in [-0.3, -0.25) is 14.4 Å². The number of carbonyl (C=O) groups excluding carboxylic acids is 3. The van der Waals surface area contributed by atoms with Crippen LogP contribution in [0.15, 0.2) is 70.2 Å². The van der Waals surface area contributed by atoms with Crippen LogP contribution < -0.4 is 35.0 Å². The number of methoxy groups -OCH3 is 3. The maximum Gasteiger partial charge on any atom is 0.329 e. The summed E-state index contributed by atoms with van der Waals surface area (Å²) in [6, 6.07) is 17.7. The largest absolute Gasteiger partial charge is 0.493 e. The fourth-order valence-electron chi connectivity index (χ4n) is 3.46. The second-order valence-electron chi connectivity index (χ2n) is 8.13. The molecule has 12 heteroatoms. The number of carbonyl (C=O) groups is 3. The lowest BCUT2D eigenvalue weighted by Crippen LogP contribution is -2.38. The Morgan fingerprint density at radius 2 is 1.60 bits per heavy atom. The van der Waals surface area contributed by atoms with E-state index in [2.05, 4.69) is 37.1 Å². The van der Waals surface area contributed by atoms with Crippen LogP contribution in [0.25, 0.3) is 0 Å². The highest BCUT2D eigenvalue weighted by Crippen LogP contribution is 2.36. The van der Waals surface area contributed by atoms with Gasteiger partial charge in [0, 0.05) is 12.2 Å². The van der Waals surface area contributed by atoms with Gasteiger partial charge in [0.25, 0.3) is 5.91 Å². The fourth-order valence-corrected chi connectivity index (χ4v) is 4.04. The van der Waals surface area contributed by atoms with Gasteiger partial charge in [-0.1, -0.05) is 24.3 Å². The Balaban J connectivity index is 1.49. The molecule has 0 radical (unpaired) electrons. The third-order valence-electron chi connectivity index (χ3n) is 5.39. The van der Waals surface area contributed by atoms with Crippen molar-refractivity contribution in [2.45, 2.75) is 6.42 Å². The first kappa shape index (κ1) is 30.0. The lowest BCUT2D eigenvalue weighted by atomic mass is 10.1. The van der Waals surface area contributed by atoms with Crippen LogP contribution in [0.2, 0.25) is 0 Å². The van der Waals surface area contributed by atoms with E-state index < -0.39 is 11.8 Å². The van der Waals surface area contributed by atoms with Crippen molar-refractivity contribution in [1.29, 1.82) is 0 Å². The van der Waals surface area contributed by atoms with Crippen molar-refractivity contribution in [3.63, 3.8) is 0 Å². The predicted molar refractivity (Wildman–Crippen MR) is 153 cm³/mol. The molecular formula is C28H29BrN4O7. The molecule has 40 heavy (non-hydrogen) atoms. The first-order chi connectivity index (χ1) is 19.3. The van der Waals surface area contributed by atoms with E-state index in [4.69, 9.17) is 18.9 Å². The molecule has 0 aliphatic rings. The molecule has 3 aromatic rings. The van der Waals surface area contributed by atoms with Crippen LogP contribution in [0.5, 0.6) is 23.0 Å². The summed E-state index contributed by atoms with van der Waals surface area (Å²) in [4.78, 5) is 36.5. The molecule has 3 aromatic carbocycles. The van der Waals surface area contributed by atoms with Crippen LogP contribution >= 0.6 is 15.9 Å². The summed E-state index contributed by atoms with van der Waals surface area (Å²) in [5, 5.41) is 9.12. The molecular weight excluding hydrogens is 584 g/mol. The SMILES string of the molecule is COc1ccc(CCNC(=O)C(=O)N/N=C\c2cc(Br)c(OCC(=O)Nc3ccccc3)c(OC)c2)cc1OC. The van der Waals surface area contributed by atoms with Crippen molar-refractivity contribution in [3.8, 4) is 23.0 Å². The van der Waals surface area contributed by atoms with Gasteiger partial charge in [0.2, 0.25) is 0 Å². The van der Waals surface area contributed by atoms with Crippen molar-refractivity contribution in [1.82, 2.24) is 10.7 Å². The summed E-state index contributed by atoms with van der Waals surface area (Å²) in [7, 11) is 4.54. The zero-order chi connectivity index (χ0) is 28.9. The number of nitrogens with one attached hydrogen (secondary N) is 3. The van der Waals surface area contributed by atoms with Crippen molar-refractivity contribution in [3.05, 3.63) is 76.3 Å². The van der Waals surface area contributed by atoms with Gasteiger partial charge in [0.1, 0.15) is 0 Å². The molecule has 3 rings (SSSR count). The minimum absolute atomic E-state index is 0.237. The zero-order valence-electron chi connectivity index (χ0n) is 22.2. The number of benzene rings is 3. The number of hydrogen-bond acceptors (Lipinski definition) is 8. The summed E-state index contributed by atoms with van der Waals surface area (Å²) in [6.45, 7) is -0.00506. The van der Waals surface area contributed by atoms with E-state index in [-0.39, 0.29) is 19.1 Å². The maximum absolute atomic E-state index is 12.2. The van der Waals surface area contributed by atoms with E-state index in [0.717, 1.165) is 5.56 Å². The Bertz CT molecular complexity index is 1370. The quantitative estimate of drug-likeness (QED) is 0.162. The number of hydrazone groups is 1. The van der Waals surface area contributed by atoms with Crippen LogP contribution in [0.3, 0.4) is 0 Å². The Kier molecular flexibility index (Phi) is 11.3. The number of nitrogens with zero attached hydrogens (tertiary/aromatic N) is 1. The lowest BCUT2D eigenvalue weighted by Gasteiger charge is -2.13. The Morgan fingerprint density at radius 1 is 0.875 bits per heavy atom. The van der Waals surface area contributed by atoms with Gasteiger partial charge >= 0.3 is 11.8 Å². The average molecular weight is 613 g/mol. The standard InChI is InChI=1S/C28H29BrN4O7/c1-37-22-10-9-18(14-23(22)38-2)11-12-30-27(35)28(36)33-31-16-19-13-21(29)26(24(15-19)39-3)40-17-25(34)32-20-7-5-4-6-8-20/h4-10,13-16H,11-12,17H2,1-3H3,(H,30,35)(H,32,34)(H,33,36)/b31-16-. The number of amides is 3. The molecule has 3 N–H and O–H groups in total. The Hall–Kier alpha value is -4.58. The summed E-state index contributed by atoms with van der Waals surface area (Å²) in [5.41, 5.74) is 4.29. The van der Waals surface area contributed by atoms with Gasteiger partial charge in [-0.15, -0.1) is 0 Å². The highest BCUT2D eigenvalue weighted by molar-refractivity contribution is 9.10. The van der Waals surface area contributed by atoms with Gasteiger partial charge in [-0.2, -0.15) is 5.10 Å². The minimum Gasteiger partial charge on any atom is -0.493 e. The van der Waals surface area contributed by atoms with Crippen molar-refractivity contribution in [2.75, 3.05) is 39.8 Å². The monoisotopic (exact) mass is 612 g/mol. The van der Waals surface area contributed by atoms with Crippen LogP contribution in [0.1, 0.15) is 11.1 Å². The highest BCUT2D eigenvalue weighted by Gasteiger charge is 2.15. The molecule has 0 atom stereocenters. The van der Waals surface area contributed by atoms with Crippen LogP contribution in [-0.2, 0) is 20.8 Å². The Morgan fingerprint density at radius 3 is 2.30 bits per heavy atom. The third-order valence-corrected chi connectivity index (χ3v) is 5.98. The molecule has 0 fully saturated rings. The van der Waals surface area contributed by atoms with E-state index in [0.29, 0.717) is 45.1 Å². The van der Waals surface area contributed by atoms with Gasteiger partial charge in [0.15, 0.2) is 29.6 Å². The summed E-state index contributed by atoms with van der Waals surface area (Å²) in [6.07, 6.45) is 1.83. The second-order valence-corrected chi connectivity index (χ2v) is 8.99. The van der Waals surface area contributed by atoms with Crippen molar-refractivity contribution >= 4 is 45.6 Å². The maximum atomic E-state index is 12.2. The molecule has 0 saturated carbocycles. The van der Waals surface area contributed by atoms with E-state index in [1.54, 1.807) is 50.6 Å². The highest BCUT2D eigenvalue weighted by atomic mass is 79.9. The van der Waals surface area contributed by atoms with Crippen LogP contribution in [0.4, 0.5) is 5.69 Å². The van der Waals surface area contributed by atoms with E-state index in [1.165, 1.54) is 13.3 Å². The molecule has 0 aliphatic heterocycles. The van der Waals surface area contributed by atoms with Crippen LogP contribution in [-0.4, -0.2) is 58.4 Å². The molecule has 0 aromatic heterocycles. The molecule has 0 unspecified atom stereocenters. The van der Waals surface area contributed by atoms with Gasteiger partial charge < -0.3 is 29.6 Å². The second kappa shape index (κ2) is 15.1. The van der Waals surface area contributed by atoms with E-state index in [1.807, 2.05) is 24.3 Å². The zero-order valence-corrected chi connectivity index (χ0v) is 23.7. The van der Waals surface area contributed by atoms with Crippen LogP contribution in [0, 0.1) is 0 Å². The molecule has 0 saturated heterocycles. The first-order valence-corrected chi connectivity index (χ1v) is 12.8. The predicted octanol–water partition coefficient (Wildman–Crippen LogP) is 3.30. The molecule has 210 valence electrons. The summed E-state index contributed by atoms with van der Waals surface area (Å²) in [5.74, 6) is -0.243. The molecule has 0 bridgehead atoms. The molecule has 3 amide bonds. The van der Waals surface area contributed by atoms with Gasteiger partial charge in [-0.25, -0.2) is 5.43 Å². The fraction of sp³-hybridized carbons (Fsp3) is 0.214. The average Bonchev–Trinajstić information content (AvgIpc) is 2.96. The number of hydrogen-bond donors (Lipinski definition) is 3. The lowest BCUT2D eigenvalue weighted by molar-refractivity contribution is -0.139. The number of para-hydroxylation sites is 1. The minimum atomic E-state index is -0.918. The molecule has 0 spiro atoms. The summed E-state index contributed by atoms with van der Waals surface area (Å²) < 4.78 is 22.0. The summed E-state index contributed by atoms with van der Waals surface area (Å²) >= 11 is 3.40. The van der Waals surface area contributed by atoms with Crippen molar-refractivity contribution < 1.29 is 33.3 Å². The topological polar surface area (TPSA) is 137 Å². The number of anilines is 1. The Labute approximate surface area is 240 Å². The molecule has 11 nitrogen and oxygen atoms in total. The van der Waals surface area contributed by atoms with E-state index >= 15 is 0 Å². The number of rotatable bonds is 12. The smallest absolute Gasteiger partial charge is 0.329 e. The first-order valence-electron chi connectivity index (χ1n) is 12.0. The van der Waals surface area contributed by atoms with Gasteiger partial charge in [-0.05, 0) is 69.9 Å². The van der Waals surface area contributed by atoms with Crippen molar-refractivity contribution in [2.24, 2.45) is 5.10 Å².